The van der Waals surface area contributed by atoms with E-state index in [2.05, 4.69) is 20.9 Å². The molecule has 1 saturated carbocycles. The highest BCUT2D eigenvalue weighted by Crippen LogP contribution is 2.38. The van der Waals surface area contributed by atoms with Crippen molar-refractivity contribution in [2.75, 3.05) is 24.7 Å². The summed E-state index contributed by atoms with van der Waals surface area (Å²) in [4.78, 5) is 27.3. The van der Waals surface area contributed by atoms with Gasteiger partial charge in [-0.25, -0.2) is 4.39 Å². The van der Waals surface area contributed by atoms with Crippen molar-refractivity contribution in [1.29, 1.82) is 0 Å². The number of rotatable bonds is 8. The first-order chi connectivity index (χ1) is 17.4. The van der Waals surface area contributed by atoms with Crippen molar-refractivity contribution >= 4 is 34.5 Å². The number of hydrogen-bond donors (Lipinski definition) is 3. The van der Waals surface area contributed by atoms with Crippen LogP contribution in [0.3, 0.4) is 0 Å². The van der Waals surface area contributed by atoms with Crippen LogP contribution in [0.15, 0.2) is 66.7 Å². The van der Waals surface area contributed by atoms with Crippen molar-refractivity contribution in [3.05, 3.63) is 94.8 Å². The molecule has 0 bridgehead atoms. The molecule has 184 valence electrons. The molecule has 3 aromatic rings. The Balaban J connectivity index is 1.52. The number of carbonyl (C=O) groups is 2. The Morgan fingerprint density at radius 1 is 1.03 bits per heavy atom. The van der Waals surface area contributed by atoms with E-state index in [9.17, 15) is 14.0 Å². The molecule has 3 aromatic carbocycles. The second kappa shape index (κ2) is 9.95. The maximum absolute atomic E-state index is 13.9. The quantitative estimate of drug-likeness (QED) is 0.400. The minimum atomic E-state index is -0.408. The van der Waals surface area contributed by atoms with Crippen molar-refractivity contribution in [2.24, 2.45) is 5.92 Å². The van der Waals surface area contributed by atoms with Gasteiger partial charge in [0, 0.05) is 30.3 Å². The summed E-state index contributed by atoms with van der Waals surface area (Å²) in [7, 11) is 4.04. The summed E-state index contributed by atoms with van der Waals surface area (Å²) < 4.78 is 13.9. The van der Waals surface area contributed by atoms with E-state index in [0.717, 1.165) is 36.2 Å². The summed E-state index contributed by atoms with van der Waals surface area (Å²) in [5.41, 5.74) is 5.89. The van der Waals surface area contributed by atoms with E-state index in [1.807, 2.05) is 62.6 Å². The third kappa shape index (κ3) is 5.31. The van der Waals surface area contributed by atoms with Gasteiger partial charge in [-0.05, 0) is 80.0 Å². The van der Waals surface area contributed by atoms with Crippen LogP contribution in [0.1, 0.15) is 35.1 Å². The predicted octanol–water partition coefficient (Wildman–Crippen LogP) is 4.85. The number of fused-ring (bicyclic) bond motifs is 1. The van der Waals surface area contributed by atoms with Crippen molar-refractivity contribution in [3.63, 3.8) is 0 Å². The van der Waals surface area contributed by atoms with E-state index >= 15 is 0 Å². The Morgan fingerprint density at radius 2 is 1.81 bits per heavy atom. The van der Waals surface area contributed by atoms with E-state index < -0.39 is 5.82 Å². The van der Waals surface area contributed by atoms with Crippen LogP contribution in [-0.2, 0) is 22.7 Å². The van der Waals surface area contributed by atoms with E-state index in [0.29, 0.717) is 29.1 Å². The first kappa shape index (κ1) is 23.8. The molecule has 0 atom stereocenters. The molecule has 0 aromatic heterocycles. The Hall–Kier alpha value is -3.97. The highest BCUT2D eigenvalue weighted by atomic mass is 19.1. The number of benzene rings is 3. The minimum absolute atomic E-state index is 0.0843. The van der Waals surface area contributed by atoms with Gasteiger partial charge in [0.2, 0.25) is 5.91 Å². The molecule has 2 amide bonds. The Morgan fingerprint density at radius 3 is 2.53 bits per heavy atom. The molecule has 6 nitrogen and oxygen atoms in total. The van der Waals surface area contributed by atoms with Gasteiger partial charge < -0.3 is 20.9 Å². The van der Waals surface area contributed by atoms with Crippen molar-refractivity contribution < 1.29 is 14.0 Å². The third-order valence-electron chi connectivity index (χ3n) is 6.33. The average Bonchev–Trinajstić information content (AvgIpc) is 3.65. The summed E-state index contributed by atoms with van der Waals surface area (Å²) in [5.74, 6) is -0.479. The molecule has 1 fully saturated rings. The van der Waals surface area contributed by atoms with Crippen LogP contribution < -0.4 is 16.0 Å². The van der Waals surface area contributed by atoms with Gasteiger partial charge in [-0.2, -0.15) is 0 Å². The molecular weight excluding hydrogens is 455 g/mol. The number of nitrogens with one attached hydrogen (secondary N) is 3. The predicted molar refractivity (Wildman–Crippen MR) is 140 cm³/mol. The van der Waals surface area contributed by atoms with Gasteiger partial charge >= 0.3 is 0 Å². The molecule has 0 radical (unpaired) electrons. The summed E-state index contributed by atoms with van der Waals surface area (Å²) in [5, 5.41) is 9.24. The van der Waals surface area contributed by atoms with Crippen LogP contribution in [-0.4, -0.2) is 30.8 Å². The highest BCUT2D eigenvalue weighted by Gasteiger charge is 2.30. The van der Waals surface area contributed by atoms with Crippen molar-refractivity contribution in [2.45, 2.75) is 25.9 Å². The van der Waals surface area contributed by atoms with E-state index in [1.165, 1.54) is 17.7 Å². The lowest BCUT2D eigenvalue weighted by Crippen LogP contribution is -2.24. The molecule has 2 aliphatic rings. The fourth-order valence-electron chi connectivity index (χ4n) is 4.39. The largest absolute Gasteiger partial charge is 0.354 e. The molecule has 1 aliphatic heterocycles. The second-order valence-electron chi connectivity index (χ2n) is 9.65. The van der Waals surface area contributed by atoms with Gasteiger partial charge in [-0.3, -0.25) is 9.59 Å². The lowest BCUT2D eigenvalue weighted by molar-refractivity contribution is -0.122. The summed E-state index contributed by atoms with van der Waals surface area (Å²) >= 11 is 0. The van der Waals surface area contributed by atoms with E-state index in [-0.39, 0.29) is 17.7 Å². The average molecular weight is 485 g/mol. The Labute approximate surface area is 210 Å². The van der Waals surface area contributed by atoms with E-state index in [1.54, 1.807) is 6.07 Å². The number of nitrogens with zero attached hydrogens (tertiary/aromatic N) is 1. The molecule has 1 aliphatic carbocycles. The highest BCUT2D eigenvalue weighted by molar-refractivity contribution is 6.37. The lowest BCUT2D eigenvalue weighted by Gasteiger charge is -2.17. The molecule has 7 heteroatoms. The summed E-state index contributed by atoms with van der Waals surface area (Å²) in [6.07, 6.45) is 1.91. The van der Waals surface area contributed by atoms with Gasteiger partial charge in [0.15, 0.2) is 0 Å². The summed E-state index contributed by atoms with van der Waals surface area (Å²) in [6, 6.07) is 20.1. The number of amides is 2. The molecule has 0 unspecified atom stereocenters. The molecule has 5 rings (SSSR count). The third-order valence-corrected chi connectivity index (χ3v) is 6.33. The van der Waals surface area contributed by atoms with Gasteiger partial charge in [0.25, 0.3) is 5.91 Å². The number of hydrogen-bond acceptors (Lipinski definition) is 4. The molecular formula is C29H29FN4O2. The zero-order valence-corrected chi connectivity index (χ0v) is 20.4. The zero-order valence-electron chi connectivity index (χ0n) is 20.4. The number of halogens is 1. The fourth-order valence-corrected chi connectivity index (χ4v) is 4.39. The van der Waals surface area contributed by atoms with Crippen LogP contribution in [0.25, 0.3) is 11.3 Å². The molecule has 36 heavy (non-hydrogen) atoms. The normalized spacial score (nSPS) is 15.9. The number of carbonyl (C=O) groups excluding carboxylic acids is 2. The van der Waals surface area contributed by atoms with Gasteiger partial charge in [-0.1, -0.05) is 30.3 Å². The van der Waals surface area contributed by atoms with Gasteiger partial charge in [0.05, 0.1) is 17.0 Å². The van der Waals surface area contributed by atoms with Crippen LogP contribution in [0.4, 0.5) is 15.8 Å². The SMILES string of the molecule is CN(C)Cc1ccc(NC(=C2C(=O)Nc3cc(F)ccc32)c2cccc(CNC(=O)C3CC3)c2)cc1. The van der Waals surface area contributed by atoms with E-state index in [4.69, 9.17) is 0 Å². The number of anilines is 2. The minimum Gasteiger partial charge on any atom is -0.354 e. The molecule has 1 heterocycles. The fraction of sp³-hybridized carbons (Fsp3) is 0.241. The molecule has 0 saturated heterocycles. The maximum atomic E-state index is 13.9. The van der Waals surface area contributed by atoms with Crippen molar-refractivity contribution in [3.8, 4) is 0 Å². The first-order valence-corrected chi connectivity index (χ1v) is 12.1. The maximum Gasteiger partial charge on any atom is 0.258 e. The topological polar surface area (TPSA) is 73.5 Å². The molecule has 3 N–H and O–H groups in total. The first-order valence-electron chi connectivity index (χ1n) is 12.1. The van der Waals surface area contributed by atoms with Crippen LogP contribution in [0.2, 0.25) is 0 Å². The standard InChI is InChI=1S/C29H29FN4O2/c1-34(2)17-18-6-11-23(12-7-18)32-27(26-24-13-10-22(30)15-25(24)33-29(26)36)21-5-3-4-19(14-21)16-31-28(35)20-8-9-20/h3-7,10-15,20,32H,8-9,16-17H2,1-2H3,(H,31,35)(H,33,36). The zero-order chi connectivity index (χ0) is 25.2. The smallest absolute Gasteiger partial charge is 0.258 e. The van der Waals surface area contributed by atoms with Crippen LogP contribution in [0, 0.1) is 11.7 Å². The summed E-state index contributed by atoms with van der Waals surface area (Å²) in [6.45, 7) is 1.24. The van der Waals surface area contributed by atoms with Crippen molar-refractivity contribution in [1.82, 2.24) is 10.2 Å². The van der Waals surface area contributed by atoms with Gasteiger partial charge in [0.1, 0.15) is 5.82 Å². The second-order valence-corrected chi connectivity index (χ2v) is 9.65. The monoisotopic (exact) mass is 484 g/mol. The Bertz CT molecular complexity index is 1340. The molecule has 0 spiro atoms. The van der Waals surface area contributed by atoms with Crippen LogP contribution in [0.5, 0.6) is 0 Å². The van der Waals surface area contributed by atoms with Crippen LogP contribution >= 0.6 is 0 Å². The van der Waals surface area contributed by atoms with Gasteiger partial charge in [-0.15, -0.1) is 0 Å². The Kier molecular flexibility index (Phi) is 6.57. The lowest BCUT2D eigenvalue weighted by atomic mass is 9.98.